The van der Waals surface area contributed by atoms with Gasteiger partial charge in [-0.15, -0.1) is 11.3 Å². The first-order valence-electron chi connectivity index (χ1n) is 12.2. The smallest absolute Gasteiger partial charge is 0.116 e. The summed E-state index contributed by atoms with van der Waals surface area (Å²) in [7, 11) is 0. The zero-order chi connectivity index (χ0) is 26.2. The molecule has 4 heterocycles. The monoisotopic (exact) mass is 505 g/mol. The van der Waals surface area contributed by atoms with Crippen LogP contribution in [0.25, 0.3) is 49.2 Å². The number of thiophene rings is 1. The first-order valence-corrected chi connectivity index (χ1v) is 13.1. The highest BCUT2D eigenvalue weighted by Crippen LogP contribution is 2.36. The van der Waals surface area contributed by atoms with E-state index in [-0.39, 0.29) is 5.41 Å². The Bertz CT molecular complexity index is 1670. The number of H-pyrrole nitrogens is 2. The molecule has 4 aromatic heterocycles. The Morgan fingerprint density at radius 3 is 2.62 bits per heavy atom. The number of pyridine rings is 1. The molecule has 6 heteroatoms. The van der Waals surface area contributed by atoms with Crippen LogP contribution in [0, 0.1) is 5.41 Å². The van der Waals surface area contributed by atoms with Crippen molar-refractivity contribution in [1.29, 1.82) is 0 Å². The third-order valence-corrected chi connectivity index (χ3v) is 7.43. The lowest BCUT2D eigenvalue weighted by Gasteiger charge is -2.24. The number of allylic oxidation sites excluding steroid dienone is 5. The van der Waals surface area contributed by atoms with Crippen molar-refractivity contribution in [2.24, 2.45) is 5.41 Å². The van der Waals surface area contributed by atoms with Gasteiger partial charge < -0.3 is 10.3 Å². The molecule has 0 saturated heterocycles. The van der Waals surface area contributed by atoms with E-state index in [0.29, 0.717) is 0 Å². The van der Waals surface area contributed by atoms with E-state index in [0.717, 1.165) is 61.3 Å². The van der Waals surface area contributed by atoms with E-state index in [1.54, 1.807) is 11.3 Å². The lowest BCUT2D eigenvalue weighted by Crippen LogP contribution is -2.22. The normalized spacial score (nSPS) is 12.9. The molecule has 0 aliphatic carbocycles. The standard InChI is InChI=1S/C31H31N5S/c1-7-20(14-22(8-2)33-19(3)31(4,5)6)21-11-12-26-24(15-21)30(36-35-26)27-16-23-25(29-10-9-13-37-29)17-32-18-28(23)34-27/h7-18,33-34H,2-3H2,1,4-6H3,(H,35,36)/b20-7+,22-14+. The number of nitrogens with one attached hydrogen (secondary N) is 3. The molecule has 0 aliphatic rings. The van der Waals surface area contributed by atoms with Gasteiger partial charge in [0.15, 0.2) is 0 Å². The molecule has 186 valence electrons. The predicted octanol–water partition coefficient (Wildman–Crippen LogP) is 8.46. The summed E-state index contributed by atoms with van der Waals surface area (Å²) in [5, 5.41) is 15.6. The second kappa shape index (κ2) is 9.71. The van der Waals surface area contributed by atoms with Crippen LogP contribution in [0.4, 0.5) is 0 Å². The van der Waals surface area contributed by atoms with Crippen LogP contribution in [-0.4, -0.2) is 20.2 Å². The molecule has 0 atom stereocenters. The fourth-order valence-corrected chi connectivity index (χ4v) is 4.96. The summed E-state index contributed by atoms with van der Waals surface area (Å²) >= 11 is 1.71. The van der Waals surface area contributed by atoms with Crippen molar-refractivity contribution in [3.05, 3.63) is 103 Å². The summed E-state index contributed by atoms with van der Waals surface area (Å²) in [6.45, 7) is 16.6. The van der Waals surface area contributed by atoms with Gasteiger partial charge >= 0.3 is 0 Å². The van der Waals surface area contributed by atoms with Crippen molar-refractivity contribution in [3.63, 3.8) is 0 Å². The molecule has 0 aliphatic heterocycles. The molecule has 3 N–H and O–H groups in total. The summed E-state index contributed by atoms with van der Waals surface area (Å²) in [4.78, 5) is 9.19. The first kappa shape index (κ1) is 24.5. The van der Waals surface area contributed by atoms with Gasteiger partial charge in [-0.3, -0.25) is 10.1 Å². The Labute approximate surface area is 221 Å². The zero-order valence-corrected chi connectivity index (χ0v) is 22.5. The Kier molecular flexibility index (Phi) is 6.44. The van der Waals surface area contributed by atoms with Gasteiger partial charge in [-0.05, 0) is 59.9 Å². The molecule has 5 rings (SSSR count). The number of rotatable bonds is 7. The summed E-state index contributed by atoms with van der Waals surface area (Å²) in [6.07, 6.45) is 9.83. The van der Waals surface area contributed by atoms with E-state index in [4.69, 9.17) is 0 Å². The number of fused-ring (bicyclic) bond motifs is 2. The predicted molar refractivity (Wildman–Crippen MR) is 158 cm³/mol. The summed E-state index contributed by atoms with van der Waals surface area (Å²) in [6, 6.07) is 12.7. The van der Waals surface area contributed by atoms with E-state index < -0.39 is 0 Å². The molecule has 0 bridgehead atoms. The number of aromatic nitrogens is 4. The summed E-state index contributed by atoms with van der Waals surface area (Å²) in [5.74, 6) is 0. The Hall–Kier alpha value is -4.16. The molecule has 0 amide bonds. The number of hydrogen-bond acceptors (Lipinski definition) is 4. The highest BCUT2D eigenvalue weighted by atomic mass is 32.1. The Morgan fingerprint density at radius 1 is 1.08 bits per heavy atom. The summed E-state index contributed by atoms with van der Waals surface area (Å²) in [5.41, 5.74) is 8.91. The van der Waals surface area contributed by atoms with Crippen molar-refractivity contribution in [3.8, 4) is 21.8 Å². The minimum atomic E-state index is -0.0543. The van der Waals surface area contributed by atoms with Gasteiger partial charge in [0.25, 0.3) is 0 Å². The molecule has 0 radical (unpaired) electrons. The molecular formula is C31H31N5S. The van der Waals surface area contributed by atoms with Crippen molar-refractivity contribution in [2.75, 3.05) is 0 Å². The van der Waals surface area contributed by atoms with E-state index in [9.17, 15) is 0 Å². The topological polar surface area (TPSA) is 69.4 Å². The van der Waals surface area contributed by atoms with Crippen LogP contribution in [0.3, 0.4) is 0 Å². The molecule has 0 spiro atoms. The lowest BCUT2D eigenvalue weighted by molar-refractivity contribution is 0.478. The van der Waals surface area contributed by atoms with E-state index in [1.165, 1.54) is 4.88 Å². The minimum absolute atomic E-state index is 0.0543. The first-order chi connectivity index (χ1) is 17.8. The molecule has 1 aromatic carbocycles. The molecule has 0 fully saturated rings. The van der Waals surface area contributed by atoms with Crippen LogP contribution in [-0.2, 0) is 0 Å². The van der Waals surface area contributed by atoms with Crippen LogP contribution in [0.2, 0.25) is 0 Å². The highest BCUT2D eigenvalue weighted by molar-refractivity contribution is 7.13. The second-order valence-corrected chi connectivity index (χ2v) is 11.0. The van der Waals surface area contributed by atoms with Crippen LogP contribution >= 0.6 is 11.3 Å². The zero-order valence-electron chi connectivity index (χ0n) is 21.6. The van der Waals surface area contributed by atoms with Crippen LogP contribution in [0.1, 0.15) is 33.3 Å². The second-order valence-electron chi connectivity index (χ2n) is 10.0. The van der Waals surface area contributed by atoms with E-state index in [2.05, 4.69) is 113 Å². The number of hydrogen-bond donors (Lipinski definition) is 3. The average Bonchev–Trinajstić information content (AvgIpc) is 3.64. The van der Waals surface area contributed by atoms with Gasteiger partial charge in [-0.25, -0.2) is 0 Å². The van der Waals surface area contributed by atoms with Gasteiger partial charge in [0, 0.05) is 44.2 Å². The lowest BCUT2D eigenvalue weighted by atomic mass is 9.92. The van der Waals surface area contributed by atoms with Crippen molar-refractivity contribution in [2.45, 2.75) is 27.7 Å². The van der Waals surface area contributed by atoms with Crippen molar-refractivity contribution in [1.82, 2.24) is 25.5 Å². The number of benzene rings is 1. The maximum atomic E-state index is 4.67. The van der Waals surface area contributed by atoms with E-state index in [1.807, 2.05) is 25.4 Å². The minimum Gasteiger partial charge on any atom is -0.359 e. The SMILES string of the molecule is C=C/C(=C\C(=C/C)c1ccc2[nH]nc(-c3cc4c(-c5cccs5)cncc4[nH]3)c2c1)NC(=C)C(C)(C)C. The molecule has 0 unspecified atom stereocenters. The van der Waals surface area contributed by atoms with Gasteiger partial charge in [-0.2, -0.15) is 5.10 Å². The maximum Gasteiger partial charge on any atom is 0.116 e. The third kappa shape index (κ3) is 4.80. The quantitative estimate of drug-likeness (QED) is 0.194. The molecule has 0 saturated carbocycles. The number of nitrogens with zero attached hydrogens (tertiary/aromatic N) is 2. The molecular weight excluding hydrogens is 474 g/mol. The van der Waals surface area contributed by atoms with Gasteiger partial charge in [0.1, 0.15) is 5.69 Å². The average molecular weight is 506 g/mol. The van der Waals surface area contributed by atoms with Crippen molar-refractivity contribution >= 4 is 38.7 Å². The Morgan fingerprint density at radius 2 is 1.92 bits per heavy atom. The van der Waals surface area contributed by atoms with Crippen LogP contribution < -0.4 is 5.32 Å². The van der Waals surface area contributed by atoms with Gasteiger partial charge in [0.05, 0.1) is 22.9 Å². The maximum absolute atomic E-state index is 4.67. The van der Waals surface area contributed by atoms with Crippen LogP contribution in [0.5, 0.6) is 0 Å². The highest BCUT2D eigenvalue weighted by Gasteiger charge is 2.17. The Balaban J connectivity index is 1.54. The van der Waals surface area contributed by atoms with Crippen LogP contribution in [0.15, 0.2) is 97.0 Å². The third-order valence-electron chi connectivity index (χ3n) is 6.53. The molecule has 37 heavy (non-hydrogen) atoms. The molecule has 5 nitrogen and oxygen atoms in total. The van der Waals surface area contributed by atoms with E-state index >= 15 is 0 Å². The fraction of sp³-hybridized carbons (Fsp3) is 0.161. The fourth-order valence-electron chi connectivity index (χ4n) is 4.21. The summed E-state index contributed by atoms with van der Waals surface area (Å²) < 4.78 is 0. The largest absolute Gasteiger partial charge is 0.359 e. The molecule has 5 aromatic rings. The van der Waals surface area contributed by atoms with Gasteiger partial charge in [-0.1, -0.05) is 52.1 Å². The van der Waals surface area contributed by atoms with Gasteiger partial charge in [0.2, 0.25) is 0 Å². The van der Waals surface area contributed by atoms with Crippen molar-refractivity contribution < 1.29 is 0 Å². The number of aromatic amines is 2.